The highest BCUT2D eigenvalue weighted by Gasteiger charge is 2.12. The van der Waals surface area contributed by atoms with Crippen molar-refractivity contribution in [2.45, 2.75) is 13.3 Å². The van der Waals surface area contributed by atoms with Gasteiger partial charge in [-0.1, -0.05) is 19.1 Å². The van der Waals surface area contributed by atoms with Gasteiger partial charge in [0.2, 0.25) is 0 Å². The molecule has 0 atom stereocenters. The molecule has 0 fully saturated rings. The maximum atomic E-state index is 9.65. The number of hydrogen-bond donors (Lipinski definition) is 1. The molecule has 0 spiro atoms. The van der Waals surface area contributed by atoms with Crippen molar-refractivity contribution in [3.8, 4) is 11.8 Å². The molecule has 0 saturated carbocycles. The number of imidazole rings is 1. The average Bonchev–Trinajstić information content (AvgIpc) is 3.02. The first kappa shape index (κ1) is 18.2. The van der Waals surface area contributed by atoms with Crippen LogP contribution in [-0.2, 0) is 0 Å². The van der Waals surface area contributed by atoms with E-state index in [0.29, 0.717) is 18.0 Å². The zero-order chi connectivity index (χ0) is 17.8. The molecule has 0 aliphatic carbocycles. The van der Waals surface area contributed by atoms with Crippen molar-refractivity contribution < 1.29 is 4.74 Å². The van der Waals surface area contributed by atoms with Crippen molar-refractivity contribution in [2.75, 3.05) is 6.61 Å². The number of fused-ring (bicyclic) bond motifs is 1. The predicted molar refractivity (Wildman–Crippen MR) is 117 cm³/mol. The Morgan fingerprint density at radius 1 is 1.32 bits per heavy atom. The highest BCUT2D eigenvalue weighted by atomic mass is 127. The third-order valence-electron chi connectivity index (χ3n) is 3.55. The minimum atomic E-state index is 0.482. The largest absolute Gasteiger partial charge is 0.492 e. The van der Waals surface area contributed by atoms with Gasteiger partial charge < -0.3 is 9.72 Å². The normalized spacial score (nSPS) is 11.5. The van der Waals surface area contributed by atoms with Crippen LogP contribution in [0.3, 0.4) is 0 Å². The van der Waals surface area contributed by atoms with E-state index < -0.39 is 0 Å². The van der Waals surface area contributed by atoms with Gasteiger partial charge in [0.05, 0.1) is 26.8 Å². The monoisotopic (exact) mass is 555 g/mol. The van der Waals surface area contributed by atoms with E-state index in [1.54, 1.807) is 0 Å². The molecule has 0 aliphatic heterocycles. The molecule has 25 heavy (non-hydrogen) atoms. The molecule has 0 aliphatic rings. The second kappa shape index (κ2) is 8.19. The third-order valence-corrected chi connectivity index (χ3v) is 4.98. The van der Waals surface area contributed by atoms with Gasteiger partial charge in [-0.05, 0) is 81.9 Å². The van der Waals surface area contributed by atoms with E-state index in [0.717, 1.165) is 35.9 Å². The Hall–Kier alpha value is -1.60. The molecular formula is C19H15I2N3O. The lowest BCUT2D eigenvalue weighted by Gasteiger charge is -2.11. The van der Waals surface area contributed by atoms with Gasteiger partial charge in [0.15, 0.2) is 0 Å². The minimum absolute atomic E-state index is 0.482. The second-order valence-corrected chi connectivity index (χ2v) is 7.83. The highest BCUT2D eigenvalue weighted by Crippen LogP contribution is 2.31. The summed E-state index contributed by atoms with van der Waals surface area (Å²) in [5.74, 6) is 1.38. The summed E-state index contributed by atoms with van der Waals surface area (Å²) in [6.07, 6.45) is 2.77. The van der Waals surface area contributed by atoms with Crippen molar-refractivity contribution in [2.24, 2.45) is 0 Å². The average molecular weight is 555 g/mol. The number of para-hydroxylation sites is 2. The van der Waals surface area contributed by atoms with E-state index in [9.17, 15) is 5.26 Å². The van der Waals surface area contributed by atoms with Crippen LogP contribution < -0.4 is 4.74 Å². The van der Waals surface area contributed by atoms with Gasteiger partial charge in [-0.3, -0.25) is 0 Å². The second-order valence-electron chi connectivity index (χ2n) is 5.43. The topological polar surface area (TPSA) is 61.7 Å². The Kier molecular flexibility index (Phi) is 5.96. The van der Waals surface area contributed by atoms with Crippen LogP contribution in [0.1, 0.15) is 24.7 Å². The van der Waals surface area contributed by atoms with Crippen LogP contribution in [0.2, 0.25) is 0 Å². The first-order valence-electron chi connectivity index (χ1n) is 7.81. The number of benzene rings is 2. The molecule has 3 rings (SSSR count). The van der Waals surface area contributed by atoms with Crippen molar-refractivity contribution in [1.29, 1.82) is 5.26 Å². The number of nitrogens with one attached hydrogen (secondary N) is 1. The summed E-state index contributed by atoms with van der Waals surface area (Å²) >= 11 is 4.55. The molecule has 1 N–H and O–H groups in total. The lowest BCUT2D eigenvalue weighted by atomic mass is 10.1. The number of aromatic nitrogens is 2. The molecule has 0 radical (unpaired) electrons. The number of ether oxygens (including phenoxy) is 1. The zero-order valence-corrected chi connectivity index (χ0v) is 17.8. The Labute approximate surface area is 173 Å². The molecule has 0 bridgehead atoms. The van der Waals surface area contributed by atoms with Crippen LogP contribution in [0.5, 0.6) is 5.75 Å². The van der Waals surface area contributed by atoms with Crippen molar-refractivity contribution >= 4 is 67.9 Å². The van der Waals surface area contributed by atoms with Crippen LogP contribution in [0.15, 0.2) is 36.4 Å². The summed E-state index contributed by atoms with van der Waals surface area (Å²) < 4.78 is 8.05. The van der Waals surface area contributed by atoms with Crippen LogP contribution >= 0.6 is 45.2 Å². The van der Waals surface area contributed by atoms with E-state index in [1.165, 1.54) is 0 Å². The Balaban J connectivity index is 2.09. The molecule has 126 valence electrons. The maximum Gasteiger partial charge on any atom is 0.149 e. The first-order chi connectivity index (χ1) is 12.1. The summed E-state index contributed by atoms with van der Waals surface area (Å²) in [4.78, 5) is 7.74. The van der Waals surface area contributed by atoms with Gasteiger partial charge in [-0.15, -0.1) is 0 Å². The van der Waals surface area contributed by atoms with Gasteiger partial charge in [-0.25, -0.2) is 4.98 Å². The van der Waals surface area contributed by atoms with Crippen molar-refractivity contribution in [1.82, 2.24) is 9.97 Å². The van der Waals surface area contributed by atoms with Crippen LogP contribution in [0.25, 0.3) is 22.7 Å². The fourth-order valence-corrected chi connectivity index (χ4v) is 4.48. The maximum absolute atomic E-state index is 9.65. The third kappa shape index (κ3) is 4.15. The van der Waals surface area contributed by atoms with E-state index in [4.69, 9.17) is 4.74 Å². The lowest BCUT2D eigenvalue weighted by molar-refractivity contribution is 0.314. The Morgan fingerprint density at radius 3 is 2.84 bits per heavy atom. The van der Waals surface area contributed by atoms with Gasteiger partial charge in [0.1, 0.15) is 17.6 Å². The van der Waals surface area contributed by atoms with Crippen LogP contribution in [0, 0.1) is 18.5 Å². The van der Waals surface area contributed by atoms with E-state index >= 15 is 0 Å². The SMILES string of the molecule is CCCOc1c(I)cc(I)cc1/C=C(/C#N)c1nc2ccccc2[nH]1. The van der Waals surface area contributed by atoms with Gasteiger partial charge in [-0.2, -0.15) is 5.26 Å². The van der Waals surface area contributed by atoms with Gasteiger partial charge in [0, 0.05) is 9.13 Å². The molecule has 1 heterocycles. The number of nitrogens with zero attached hydrogens (tertiary/aromatic N) is 2. The number of nitriles is 1. The summed E-state index contributed by atoms with van der Waals surface area (Å²) in [5, 5.41) is 9.65. The molecule has 0 unspecified atom stereocenters. The van der Waals surface area contributed by atoms with Gasteiger partial charge in [0.25, 0.3) is 0 Å². The number of allylic oxidation sites excluding steroid dienone is 1. The lowest BCUT2D eigenvalue weighted by Crippen LogP contribution is -2.00. The highest BCUT2D eigenvalue weighted by molar-refractivity contribution is 14.1. The molecule has 4 nitrogen and oxygen atoms in total. The number of H-pyrrole nitrogens is 1. The molecule has 2 aromatic carbocycles. The summed E-state index contributed by atoms with van der Waals surface area (Å²) in [7, 11) is 0. The minimum Gasteiger partial charge on any atom is -0.492 e. The summed E-state index contributed by atoms with van der Waals surface area (Å²) in [6, 6.07) is 14.1. The van der Waals surface area contributed by atoms with Crippen LogP contribution in [0.4, 0.5) is 0 Å². The number of aromatic amines is 1. The first-order valence-corrected chi connectivity index (χ1v) is 9.97. The number of halogens is 2. The molecule has 1 aromatic heterocycles. The Bertz CT molecular complexity index is 953. The molecule has 0 amide bonds. The summed E-state index contributed by atoms with van der Waals surface area (Å²) in [6.45, 7) is 2.72. The number of rotatable bonds is 5. The zero-order valence-electron chi connectivity index (χ0n) is 13.5. The van der Waals surface area contributed by atoms with E-state index in [2.05, 4.69) is 74.2 Å². The van der Waals surface area contributed by atoms with Crippen LogP contribution in [-0.4, -0.2) is 16.6 Å². The molecule has 3 aromatic rings. The number of hydrogen-bond acceptors (Lipinski definition) is 3. The quantitative estimate of drug-likeness (QED) is 0.329. The van der Waals surface area contributed by atoms with Gasteiger partial charge >= 0.3 is 0 Å². The fourth-order valence-electron chi connectivity index (χ4n) is 2.43. The van der Waals surface area contributed by atoms with Crippen molar-refractivity contribution in [3.63, 3.8) is 0 Å². The predicted octanol–water partition coefficient (Wildman–Crippen LogP) is 5.63. The fraction of sp³-hybridized carbons (Fsp3) is 0.158. The summed E-state index contributed by atoms with van der Waals surface area (Å²) in [5.41, 5.74) is 3.13. The van der Waals surface area contributed by atoms with E-state index in [1.807, 2.05) is 36.4 Å². The standard InChI is InChI=1S/C19H15I2N3O/c1-2-7-25-18-12(9-14(20)10-15(18)21)8-13(11-22)19-23-16-5-3-4-6-17(16)24-19/h3-6,8-10H,2,7H2,1H3,(H,23,24)/b13-8-. The van der Waals surface area contributed by atoms with E-state index in [-0.39, 0.29) is 0 Å². The molecule has 6 heteroatoms. The molecular weight excluding hydrogens is 540 g/mol. The van der Waals surface area contributed by atoms with Crippen molar-refractivity contribution in [3.05, 3.63) is 54.9 Å². The molecule has 0 saturated heterocycles. The Morgan fingerprint density at radius 2 is 2.12 bits per heavy atom. The smallest absolute Gasteiger partial charge is 0.149 e.